The van der Waals surface area contributed by atoms with Gasteiger partial charge < -0.3 is 5.32 Å². The third-order valence-electron chi connectivity index (χ3n) is 3.26. The molecular formula is C15H19N. The maximum atomic E-state index is 3.39. The van der Waals surface area contributed by atoms with E-state index in [0.29, 0.717) is 12.0 Å². The Kier molecular flexibility index (Phi) is 3.45. The normalized spacial score (nSPS) is 20.5. The second-order valence-corrected chi connectivity index (χ2v) is 4.33. The number of benzene rings is 1. The van der Waals surface area contributed by atoms with E-state index in [2.05, 4.69) is 55.6 Å². The van der Waals surface area contributed by atoms with Gasteiger partial charge >= 0.3 is 0 Å². The fourth-order valence-electron chi connectivity index (χ4n) is 2.10. The molecule has 1 aromatic rings. The molecule has 0 saturated carbocycles. The van der Waals surface area contributed by atoms with E-state index in [1.54, 1.807) is 0 Å². The van der Waals surface area contributed by atoms with Gasteiger partial charge in [-0.05, 0) is 35.7 Å². The minimum atomic E-state index is 0.329. The molecule has 84 valence electrons. The summed E-state index contributed by atoms with van der Waals surface area (Å²) >= 11 is 0. The molecule has 0 aromatic heterocycles. The number of hydrogen-bond acceptors (Lipinski definition) is 1. The first-order chi connectivity index (χ1) is 7.83. The summed E-state index contributed by atoms with van der Waals surface area (Å²) in [4.78, 5) is 0. The number of dihydropyridines is 1. The smallest absolute Gasteiger partial charge is 0.0698 e. The molecule has 1 aromatic carbocycles. The summed E-state index contributed by atoms with van der Waals surface area (Å²) in [6, 6.07) is 9.05. The summed E-state index contributed by atoms with van der Waals surface area (Å²) < 4.78 is 0. The van der Waals surface area contributed by atoms with Crippen molar-refractivity contribution in [3.63, 3.8) is 0 Å². The van der Waals surface area contributed by atoms with Crippen LogP contribution in [-0.4, -0.2) is 0 Å². The minimum Gasteiger partial charge on any atom is -0.381 e. The molecule has 1 aliphatic heterocycles. The van der Waals surface area contributed by atoms with E-state index in [1.165, 1.54) is 17.5 Å². The Labute approximate surface area is 97.9 Å². The topological polar surface area (TPSA) is 12.0 Å². The average Bonchev–Trinajstić information content (AvgIpc) is 2.39. The highest BCUT2D eigenvalue weighted by molar-refractivity contribution is 5.36. The zero-order chi connectivity index (χ0) is 11.4. The van der Waals surface area contributed by atoms with Gasteiger partial charge in [-0.2, -0.15) is 0 Å². The monoisotopic (exact) mass is 213 g/mol. The minimum absolute atomic E-state index is 0.329. The lowest BCUT2D eigenvalue weighted by Crippen LogP contribution is -2.17. The highest BCUT2D eigenvalue weighted by Crippen LogP contribution is 2.28. The van der Waals surface area contributed by atoms with Gasteiger partial charge in [-0.3, -0.25) is 0 Å². The Balaban J connectivity index is 2.32. The molecular weight excluding hydrogens is 194 g/mol. The van der Waals surface area contributed by atoms with Crippen LogP contribution in [0.3, 0.4) is 0 Å². The van der Waals surface area contributed by atoms with Crippen LogP contribution in [0.5, 0.6) is 0 Å². The molecule has 2 unspecified atom stereocenters. The molecule has 2 rings (SSSR count). The lowest BCUT2D eigenvalue weighted by molar-refractivity contribution is 0.683. The highest BCUT2D eigenvalue weighted by atomic mass is 14.9. The Morgan fingerprint density at radius 3 is 2.75 bits per heavy atom. The molecule has 0 bridgehead atoms. The van der Waals surface area contributed by atoms with Gasteiger partial charge in [0.25, 0.3) is 0 Å². The van der Waals surface area contributed by atoms with E-state index in [-0.39, 0.29) is 0 Å². The Morgan fingerprint density at radius 2 is 2.06 bits per heavy atom. The van der Waals surface area contributed by atoms with Crippen molar-refractivity contribution in [1.82, 2.24) is 5.32 Å². The van der Waals surface area contributed by atoms with Crippen molar-refractivity contribution in [1.29, 1.82) is 0 Å². The lowest BCUT2D eigenvalue weighted by Gasteiger charge is -2.22. The van der Waals surface area contributed by atoms with Gasteiger partial charge in [0.2, 0.25) is 0 Å². The average molecular weight is 213 g/mol. The molecule has 1 aliphatic rings. The molecule has 1 N–H and O–H groups in total. The van der Waals surface area contributed by atoms with Crippen LogP contribution < -0.4 is 5.32 Å². The fraction of sp³-hybridized carbons (Fsp3) is 0.333. The van der Waals surface area contributed by atoms with E-state index in [0.717, 1.165) is 0 Å². The molecule has 1 nitrogen and oxygen atoms in total. The standard InChI is InChI=1S/C15H19N/c1-3-12(2)13-8-4-5-9-14(13)15-10-6-7-11-16-15/h4-12,15-16H,3H2,1-2H3. The molecule has 0 spiro atoms. The van der Waals surface area contributed by atoms with Crippen LogP contribution in [0.25, 0.3) is 0 Å². The van der Waals surface area contributed by atoms with Gasteiger partial charge in [0, 0.05) is 0 Å². The first kappa shape index (κ1) is 11.0. The number of allylic oxidation sites excluding steroid dienone is 2. The van der Waals surface area contributed by atoms with Crippen molar-refractivity contribution in [3.05, 3.63) is 59.8 Å². The highest BCUT2D eigenvalue weighted by Gasteiger charge is 2.14. The van der Waals surface area contributed by atoms with E-state index in [1.807, 2.05) is 12.3 Å². The van der Waals surface area contributed by atoms with Crippen molar-refractivity contribution in [2.24, 2.45) is 0 Å². The maximum absolute atomic E-state index is 3.39. The first-order valence-corrected chi connectivity index (χ1v) is 6.01. The SMILES string of the molecule is CCC(C)c1ccccc1C1C=CC=CN1. The van der Waals surface area contributed by atoms with Crippen molar-refractivity contribution in [2.75, 3.05) is 0 Å². The van der Waals surface area contributed by atoms with Crippen LogP contribution in [0.1, 0.15) is 43.4 Å². The molecule has 0 saturated heterocycles. The summed E-state index contributed by atoms with van der Waals surface area (Å²) in [6.07, 6.45) is 9.54. The summed E-state index contributed by atoms with van der Waals surface area (Å²) in [5, 5.41) is 3.39. The third-order valence-corrected chi connectivity index (χ3v) is 3.26. The molecule has 16 heavy (non-hydrogen) atoms. The van der Waals surface area contributed by atoms with Crippen LogP contribution in [0.4, 0.5) is 0 Å². The zero-order valence-electron chi connectivity index (χ0n) is 9.98. The fourth-order valence-corrected chi connectivity index (χ4v) is 2.10. The van der Waals surface area contributed by atoms with Gasteiger partial charge in [-0.25, -0.2) is 0 Å². The molecule has 0 radical (unpaired) electrons. The molecule has 0 aliphatic carbocycles. The predicted molar refractivity (Wildman–Crippen MR) is 69.3 cm³/mol. The van der Waals surface area contributed by atoms with Crippen molar-refractivity contribution >= 4 is 0 Å². The van der Waals surface area contributed by atoms with E-state index < -0.39 is 0 Å². The van der Waals surface area contributed by atoms with E-state index in [9.17, 15) is 0 Å². The van der Waals surface area contributed by atoms with Crippen molar-refractivity contribution < 1.29 is 0 Å². The van der Waals surface area contributed by atoms with Crippen LogP contribution in [-0.2, 0) is 0 Å². The van der Waals surface area contributed by atoms with Gasteiger partial charge in [-0.15, -0.1) is 0 Å². The lowest BCUT2D eigenvalue weighted by atomic mass is 9.90. The first-order valence-electron chi connectivity index (χ1n) is 6.01. The van der Waals surface area contributed by atoms with E-state index in [4.69, 9.17) is 0 Å². The summed E-state index contributed by atoms with van der Waals surface area (Å²) in [7, 11) is 0. The Hall–Kier alpha value is -1.50. The Bertz CT molecular complexity index is 404. The van der Waals surface area contributed by atoms with Crippen LogP contribution in [0.2, 0.25) is 0 Å². The Morgan fingerprint density at radius 1 is 1.25 bits per heavy atom. The molecule has 0 fully saturated rings. The van der Waals surface area contributed by atoms with Gasteiger partial charge in [0.15, 0.2) is 0 Å². The summed E-state index contributed by atoms with van der Waals surface area (Å²) in [5.41, 5.74) is 2.86. The van der Waals surface area contributed by atoms with Gasteiger partial charge in [0.1, 0.15) is 0 Å². The molecule has 1 heterocycles. The van der Waals surface area contributed by atoms with Crippen molar-refractivity contribution in [2.45, 2.75) is 32.2 Å². The predicted octanol–water partition coefficient (Wildman–Crippen LogP) is 3.91. The zero-order valence-corrected chi connectivity index (χ0v) is 9.98. The maximum Gasteiger partial charge on any atom is 0.0698 e. The third kappa shape index (κ3) is 2.19. The van der Waals surface area contributed by atoms with Gasteiger partial charge in [-0.1, -0.05) is 50.3 Å². The number of hydrogen-bond donors (Lipinski definition) is 1. The van der Waals surface area contributed by atoms with Crippen LogP contribution in [0, 0.1) is 0 Å². The van der Waals surface area contributed by atoms with Crippen LogP contribution in [0.15, 0.2) is 48.7 Å². The summed E-state index contributed by atoms with van der Waals surface area (Å²) in [6.45, 7) is 4.53. The molecule has 0 amide bonds. The number of rotatable bonds is 3. The van der Waals surface area contributed by atoms with Crippen LogP contribution >= 0.6 is 0 Å². The molecule has 2 atom stereocenters. The molecule has 1 heteroatoms. The van der Waals surface area contributed by atoms with Gasteiger partial charge in [0.05, 0.1) is 6.04 Å². The largest absolute Gasteiger partial charge is 0.381 e. The second kappa shape index (κ2) is 5.02. The number of nitrogens with one attached hydrogen (secondary N) is 1. The summed E-state index contributed by atoms with van der Waals surface area (Å²) in [5.74, 6) is 0.623. The quantitative estimate of drug-likeness (QED) is 0.802. The van der Waals surface area contributed by atoms with E-state index >= 15 is 0 Å². The second-order valence-electron chi connectivity index (χ2n) is 4.33. The van der Waals surface area contributed by atoms with Crippen molar-refractivity contribution in [3.8, 4) is 0 Å².